The molecule has 224 valence electrons. The number of sulfonamides is 1. The Morgan fingerprint density at radius 3 is 2.32 bits per heavy atom. The summed E-state index contributed by atoms with van der Waals surface area (Å²) in [5.41, 5.74) is 7.06. The van der Waals surface area contributed by atoms with Crippen LogP contribution in [0.25, 0.3) is 10.2 Å². The Hall–Kier alpha value is -4.34. The smallest absolute Gasteiger partial charge is 0.238 e. The van der Waals surface area contributed by atoms with Crippen molar-refractivity contribution < 1.29 is 8.42 Å². The van der Waals surface area contributed by atoms with Gasteiger partial charge < -0.3 is 10.6 Å². The molecule has 0 aliphatic carbocycles. The van der Waals surface area contributed by atoms with E-state index >= 15 is 0 Å². The number of likely N-dealkylation sites (tertiary alicyclic amines) is 1. The van der Waals surface area contributed by atoms with Crippen molar-refractivity contribution >= 4 is 49.0 Å². The van der Waals surface area contributed by atoms with E-state index in [1.165, 1.54) is 0 Å². The third-order valence-electron chi connectivity index (χ3n) is 7.69. The average Bonchev–Trinajstić information content (AvgIpc) is 3.48. The zero-order chi connectivity index (χ0) is 30.7. The van der Waals surface area contributed by atoms with Gasteiger partial charge in [-0.1, -0.05) is 24.0 Å². The van der Waals surface area contributed by atoms with Crippen molar-refractivity contribution in [3.05, 3.63) is 100 Å². The zero-order valence-electron chi connectivity index (χ0n) is 24.5. The van der Waals surface area contributed by atoms with E-state index in [0.717, 1.165) is 82.0 Å². The van der Waals surface area contributed by atoms with Gasteiger partial charge in [0.1, 0.15) is 0 Å². The monoisotopic (exact) mass is 623 g/mol. The Balaban J connectivity index is 1.13. The molecule has 0 saturated carbocycles. The van der Waals surface area contributed by atoms with Gasteiger partial charge in [0.15, 0.2) is 5.82 Å². The van der Waals surface area contributed by atoms with Crippen LogP contribution in [0.1, 0.15) is 40.7 Å². The van der Waals surface area contributed by atoms with Crippen molar-refractivity contribution in [2.24, 2.45) is 5.14 Å². The number of nitrogens with zero attached hydrogens (tertiary/aromatic N) is 4. The van der Waals surface area contributed by atoms with Crippen molar-refractivity contribution in [1.29, 1.82) is 0 Å². The molecular formula is C33H33N7O2S2. The lowest BCUT2D eigenvalue weighted by atomic mass is 10.0. The van der Waals surface area contributed by atoms with Crippen LogP contribution in [0.2, 0.25) is 0 Å². The Bertz CT molecular complexity index is 1930. The molecule has 2 aromatic carbocycles. The highest BCUT2D eigenvalue weighted by molar-refractivity contribution is 7.89. The molecule has 0 amide bonds. The predicted molar refractivity (Wildman–Crippen MR) is 177 cm³/mol. The van der Waals surface area contributed by atoms with Crippen molar-refractivity contribution in [3.63, 3.8) is 0 Å². The Kier molecular flexibility index (Phi) is 8.59. The molecule has 11 heteroatoms. The number of hydrogen-bond acceptors (Lipinski definition) is 9. The molecule has 1 aliphatic rings. The summed E-state index contributed by atoms with van der Waals surface area (Å²) in [6.45, 7) is 6.75. The number of fused-ring (bicyclic) bond motifs is 1. The van der Waals surface area contributed by atoms with Crippen LogP contribution in [0.4, 0.5) is 17.5 Å². The summed E-state index contributed by atoms with van der Waals surface area (Å²) >= 11 is 1.62. The predicted octanol–water partition coefficient (Wildman–Crippen LogP) is 5.57. The van der Waals surface area contributed by atoms with Crippen LogP contribution in [0.5, 0.6) is 0 Å². The van der Waals surface area contributed by atoms with E-state index in [4.69, 9.17) is 15.1 Å². The summed E-state index contributed by atoms with van der Waals surface area (Å²) in [6, 6.07) is 17.1. The lowest BCUT2D eigenvalue weighted by molar-refractivity contribution is 0.211. The third-order valence-corrected chi connectivity index (χ3v) is 9.53. The van der Waals surface area contributed by atoms with Crippen molar-refractivity contribution in [2.45, 2.75) is 44.2 Å². The van der Waals surface area contributed by atoms with Crippen molar-refractivity contribution in [1.82, 2.24) is 19.9 Å². The van der Waals surface area contributed by atoms with Crippen LogP contribution in [0.3, 0.4) is 0 Å². The topological polar surface area (TPSA) is 126 Å². The number of nitrogens with one attached hydrogen (secondary N) is 2. The minimum absolute atomic E-state index is 0.134. The van der Waals surface area contributed by atoms with Gasteiger partial charge in [-0.2, -0.15) is 4.98 Å². The molecule has 4 heterocycles. The molecule has 9 nitrogen and oxygen atoms in total. The zero-order valence-corrected chi connectivity index (χ0v) is 26.2. The van der Waals surface area contributed by atoms with E-state index < -0.39 is 10.0 Å². The number of benzene rings is 2. The molecule has 0 spiro atoms. The first kappa shape index (κ1) is 29.7. The molecule has 6 rings (SSSR count). The van der Waals surface area contributed by atoms with E-state index in [2.05, 4.69) is 58.3 Å². The number of nitrogens with two attached hydrogens (primary N) is 1. The first-order valence-electron chi connectivity index (χ1n) is 14.4. The molecule has 4 N–H and O–H groups in total. The quantitative estimate of drug-likeness (QED) is 0.201. The first-order valence-corrected chi connectivity index (χ1v) is 16.8. The molecule has 1 fully saturated rings. The number of anilines is 3. The van der Waals surface area contributed by atoms with Gasteiger partial charge in [0.05, 0.1) is 15.1 Å². The number of aryl methyl sites for hydroxylation is 2. The van der Waals surface area contributed by atoms with Gasteiger partial charge in [0, 0.05) is 54.9 Å². The molecule has 44 heavy (non-hydrogen) atoms. The Morgan fingerprint density at radius 2 is 1.64 bits per heavy atom. The van der Waals surface area contributed by atoms with E-state index in [9.17, 15) is 8.42 Å². The van der Waals surface area contributed by atoms with Crippen LogP contribution < -0.4 is 15.8 Å². The molecule has 0 unspecified atom stereocenters. The van der Waals surface area contributed by atoms with E-state index in [1.54, 1.807) is 35.9 Å². The number of rotatable bonds is 7. The van der Waals surface area contributed by atoms with Crippen LogP contribution in [-0.4, -0.2) is 47.4 Å². The number of aromatic nitrogens is 3. The summed E-state index contributed by atoms with van der Waals surface area (Å²) < 4.78 is 24.1. The van der Waals surface area contributed by atoms with E-state index in [-0.39, 0.29) is 10.9 Å². The molecule has 3 aromatic heterocycles. The number of primary sulfonamides is 1. The maximum Gasteiger partial charge on any atom is 0.238 e. The SMILES string of the molecule is Cc1cc(C#Cc2ccncc2)cc(C)c1Nc1nc(NC2CCN(Cc3ccc(S(N)(=O)=O)cc3)CC2)nc2ccsc12. The second kappa shape index (κ2) is 12.7. The molecule has 1 saturated heterocycles. The summed E-state index contributed by atoms with van der Waals surface area (Å²) in [5.74, 6) is 7.88. The summed E-state index contributed by atoms with van der Waals surface area (Å²) in [4.78, 5) is 16.3. The number of hydrogen-bond donors (Lipinski definition) is 3. The van der Waals surface area contributed by atoms with Gasteiger partial charge in [-0.05, 0) is 91.2 Å². The van der Waals surface area contributed by atoms with Gasteiger partial charge in [-0.3, -0.25) is 9.88 Å². The highest BCUT2D eigenvalue weighted by Gasteiger charge is 2.21. The van der Waals surface area contributed by atoms with Crippen LogP contribution in [-0.2, 0) is 16.6 Å². The van der Waals surface area contributed by atoms with Crippen LogP contribution in [0.15, 0.2) is 77.3 Å². The second-order valence-corrected chi connectivity index (χ2v) is 13.5. The third kappa shape index (κ3) is 7.06. The van der Waals surface area contributed by atoms with Gasteiger partial charge in [-0.15, -0.1) is 11.3 Å². The first-order chi connectivity index (χ1) is 21.2. The normalized spacial score (nSPS) is 14.2. The molecule has 0 radical (unpaired) electrons. The molecule has 1 aliphatic heterocycles. The van der Waals surface area contributed by atoms with Crippen molar-refractivity contribution in [3.8, 4) is 11.8 Å². The van der Waals surface area contributed by atoms with E-state index in [1.807, 2.05) is 35.7 Å². The van der Waals surface area contributed by atoms with Gasteiger partial charge in [0.25, 0.3) is 0 Å². The summed E-state index contributed by atoms with van der Waals surface area (Å²) in [6.07, 6.45) is 5.39. The minimum atomic E-state index is -3.68. The average molecular weight is 624 g/mol. The van der Waals surface area contributed by atoms with Gasteiger partial charge in [0.2, 0.25) is 16.0 Å². The van der Waals surface area contributed by atoms with Crippen LogP contribution in [0, 0.1) is 25.7 Å². The van der Waals surface area contributed by atoms with Gasteiger partial charge >= 0.3 is 0 Å². The van der Waals surface area contributed by atoms with Crippen molar-refractivity contribution in [2.75, 3.05) is 23.7 Å². The molecular weight excluding hydrogens is 591 g/mol. The number of pyridine rings is 1. The molecule has 0 atom stereocenters. The number of piperidine rings is 1. The lowest BCUT2D eigenvalue weighted by Crippen LogP contribution is -2.39. The van der Waals surface area contributed by atoms with Crippen LogP contribution >= 0.6 is 11.3 Å². The summed E-state index contributed by atoms with van der Waals surface area (Å²) in [7, 11) is -3.68. The highest BCUT2D eigenvalue weighted by atomic mass is 32.2. The lowest BCUT2D eigenvalue weighted by Gasteiger charge is -2.32. The van der Waals surface area contributed by atoms with Gasteiger partial charge in [-0.25, -0.2) is 18.5 Å². The fraction of sp³-hybridized carbons (Fsp3) is 0.242. The molecule has 0 bridgehead atoms. The van der Waals surface area contributed by atoms with E-state index in [0.29, 0.717) is 5.95 Å². The Labute approximate surface area is 261 Å². The maximum atomic E-state index is 11.5. The second-order valence-electron chi connectivity index (χ2n) is 11.0. The largest absolute Gasteiger partial charge is 0.351 e. The fourth-order valence-corrected chi connectivity index (χ4v) is 6.70. The standard InChI is InChI=1S/C33H33N7O2S2/c1-22-19-26(4-3-24-9-14-35-15-10-24)20-23(2)30(22)38-32-31-29(13-18-43-31)37-33(39-32)36-27-11-16-40(17-12-27)21-25-5-7-28(8-6-25)44(34,41)42/h5-10,13-15,18-20,27H,11-12,16-17,21H2,1-2H3,(H2,34,41,42)(H2,36,37,38,39). The maximum absolute atomic E-state index is 11.5. The Morgan fingerprint density at radius 1 is 0.955 bits per heavy atom. The highest BCUT2D eigenvalue weighted by Crippen LogP contribution is 2.33. The molecule has 5 aromatic rings. The minimum Gasteiger partial charge on any atom is -0.351 e. The fourth-order valence-electron chi connectivity index (χ4n) is 5.40. The number of thiophene rings is 1. The summed E-state index contributed by atoms with van der Waals surface area (Å²) in [5, 5.41) is 14.4.